The molecule has 1 aliphatic heterocycles. The van der Waals surface area contributed by atoms with Crippen LogP contribution < -0.4 is 11.1 Å². The molecule has 0 saturated carbocycles. The Morgan fingerprint density at radius 2 is 2.17 bits per heavy atom. The highest BCUT2D eigenvalue weighted by Crippen LogP contribution is 2.19. The van der Waals surface area contributed by atoms with E-state index in [1.165, 1.54) is 0 Å². The summed E-state index contributed by atoms with van der Waals surface area (Å²) in [7, 11) is 0. The van der Waals surface area contributed by atoms with Gasteiger partial charge in [0.2, 0.25) is 5.91 Å². The number of carbonyl (C=O) groups excluding carboxylic acids is 1. The lowest BCUT2D eigenvalue weighted by molar-refractivity contribution is -0.126. The molecule has 0 aromatic carbocycles. The van der Waals surface area contributed by atoms with Crippen molar-refractivity contribution in [1.82, 2.24) is 10.2 Å². The number of nitrogens with two attached hydrogens (primary N) is 1. The molecule has 0 spiro atoms. The van der Waals surface area contributed by atoms with Crippen molar-refractivity contribution in [2.24, 2.45) is 17.1 Å². The van der Waals surface area contributed by atoms with E-state index in [0.29, 0.717) is 18.5 Å². The lowest BCUT2D eigenvalue weighted by Crippen LogP contribution is -2.46. The Morgan fingerprint density at radius 3 is 2.61 bits per heavy atom. The minimum Gasteiger partial charge on any atom is -0.392 e. The van der Waals surface area contributed by atoms with E-state index in [1.807, 2.05) is 0 Å². The molecule has 0 radical (unpaired) electrons. The molecule has 1 fully saturated rings. The second-order valence-electron chi connectivity index (χ2n) is 5.94. The predicted octanol–water partition coefficient (Wildman–Crippen LogP) is 1.15. The van der Waals surface area contributed by atoms with Crippen molar-refractivity contribution in [2.75, 3.05) is 19.6 Å². The first-order valence-electron chi connectivity index (χ1n) is 6.57. The largest absolute Gasteiger partial charge is 0.392 e. The Morgan fingerprint density at radius 1 is 1.56 bits per heavy atom. The summed E-state index contributed by atoms with van der Waals surface area (Å²) in [5.74, 6) is 0.469. The van der Waals surface area contributed by atoms with Crippen molar-refractivity contribution in [3.63, 3.8) is 0 Å². The van der Waals surface area contributed by atoms with Crippen LogP contribution in [0.15, 0.2) is 0 Å². The number of nitrogens with one attached hydrogen (secondary N) is 1. The summed E-state index contributed by atoms with van der Waals surface area (Å²) in [4.78, 5) is 14.7. The van der Waals surface area contributed by atoms with Crippen LogP contribution in [0.2, 0.25) is 0 Å². The fraction of sp³-hybridized carbons (Fsp3) is 0.846. The highest BCUT2D eigenvalue weighted by molar-refractivity contribution is 7.80. The Balaban J connectivity index is 2.39. The van der Waals surface area contributed by atoms with Gasteiger partial charge in [-0.2, -0.15) is 0 Å². The zero-order chi connectivity index (χ0) is 13.9. The molecule has 0 aromatic heterocycles. The summed E-state index contributed by atoms with van der Waals surface area (Å²) >= 11 is 4.92. The summed E-state index contributed by atoms with van der Waals surface area (Å²) in [6.07, 6.45) is 1.14. The van der Waals surface area contributed by atoms with E-state index < -0.39 is 5.41 Å². The number of hydrogen-bond donors (Lipinski definition) is 2. The maximum absolute atomic E-state index is 12.0. The topological polar surface area (TPSA) is 58.4 Å². The fourth-order valence-corrected chi connectivity index (χ4v) is 2.16. The number of rotatable bonds is 5. The molecule has 1 heterocycles. The van der Waals surface area contributed by atoms with Gasteiger partial charge in [-0.1, -0.05) is 12.2 Å². The van der Waals surface area contributed by atoms with Crippen LogP contribution in [0.5, 0.6) is 0 Å². The van der Waals surface area contributed by atoms with E-state index in [4.69, 9.17) is 18.0 Å². The predicted molar refractivity (Wildman–Crippen MR) is 78.4 cm³/mol. The van der Waals surface area contributed by atoms with Crippen LogP contribution in [-0.2, 0) is 4.79 Å². The molecule has 1 aliphatic rings. The molecule has 0 aromatic rings. The number of amides is 1. The van der Waals surface area contributed by atoms with Crippen LogP contribution in [0.1, 0.15) is 34.1 Å². The van der Waals surface area contributed by atoms with Crippen LogP contribution in [0.25, 0.3) is 0 Å². The Kier molecular flexibility index (Phi) is 5.10. The van der Waals surface area contributed by atoms with Crippen LogP contribution >= 0.6 is 12.2 Å². The quantitative estimate of drug-likeness (QED) is 0.736. The lowest BCUT2D eigenvalue weighted by Gasteiger charge is -2.24. The van der Waals surface area contributed by atoms with Gasteiger partial charge >= 0.3 is 0 Å². The van der Waals surface area contributed by atoms with E-state index in [9.17, 15) is 4.79 Å². The summed E-state index contributed by atoms with van der Waals surface area (Å²) < 4.78 is 0. The number of nitrogens with zero attached hydrogens (tertiary/aromatic N) is 1. The Hall–Kier alpha value is -0.680. The van der Waals surface area contributed by atoms with Crippen LogP contribution in [-0.4, -0.2) is 41.5 Å². The molecule has 4 nitrogen and oxygen atoms in total. The summed E-state index contributed by atoms with van der Waals surface area (Å²) in [5.41, 5.74) is 4.82. The number of carbonyl (C=O) groups is 1. The van der Waals surface area contributed by atoms with E-state index in [1.54, 1.807) is 13.8 Å². The molecule has 3 N–H and O–H groups in total. The highest BCUT2D eigenvalue weighted by atomic mass is 32.1. The van der Waals surface area contributed by atoms with Gasteiger partial charge in [-0.3, -0.25) is 4.79 Å². The smallest absolute Gasteiger partial charge is 0.232 e. The van der Waals surface area contributed by atoms with Crippen molar-refractivity contribution >= 4 is 23.1 Å². The third-order valence-electron chi connectivity index (χ3n) is 3.78. The minimum absolute atomic E-state index is 0.0713. The number of thiocarbonyl (C=S) groups is 1. The average Bonchev–Trinajstić information content (AvgIpc) is 2.74. The molecule has 18 heavy (non-hydrogen) atoms. The van der Waals surface area contributed by atoms with Crippen molar-refractivity contribution in [3.05, 3.63) is 0 Å². The van der Waals surface area contributed by atoms with Gasteiger partial charge in [0.05, 0.1) is 10.4 Å². The maximum Gasteiger partial charge on any atom is 0.232 e. The van der Waals surface area contributed by atoms with Crippen molar-refractivity contribution in [1.29, 1.82) is 0 Å². The molecule has 5 heteroatoms. The molecular weight excluding hydrogens is 246 g/mol. The third kappa shape index (κ3) is 3.65. The average molecular weight is 271 g/mol. The van der Waals surface area contributed by atoms with Gasteiger partial charge in [0.25, 0.3) is 0 Å². The van der Waals surface area contributed by atoms with Gasteiger partial charge in [-0.25, -0.2) is 0 Å². The fourth-order valence-electron chi connectivity index (χ4n) is 2.07. The second kappa shape index (κ2) is 5.97. The SMILES string of the molecule is CC(C)N1CCC(CNC(=O)C(C)(C)C(N)=S)C1. The van der Waals surface area contributed by atoms with Crippen molar-refractivity contribution in [2.45, 2.75) is 40.2 Å². The third-order valence-corrected chi connectivity index (χ3v) is 4.29. The summed E-state index contributed by atoms with van der Waals surface area (Å²) in [6, 6.07) is 0.582. The zero-order valence-corrected chi connectivity index (χ0v) is 12.6. The van der Waals surface area contributed by atoms with E-state index in [0.717, 1.165) is 19.5 Å². The first-order chi connectivity index (χ1) is 8.25. The highest BCUT2D eigenvalue weighted by Gasteiger charge is 2.32. The number of hydrogen-bond acceptors (Lipinski definition) is 3. The standard InChI is InChI=1S/C13H25N3OS/c1-9(2)16-6-5-10(8-16)7-15-12(17)13(3,4)11(14)18/h9-10H,5-8H2,1-4H3,(H2,14,18)(H,15,17). The van der Waals surface area contributed by atoms with Gasteiger partial charge < -0.3 is 16.0 Å². The van der Waals surface area contributed by atoms with Gasteiger partial charge in [-0.05, 0) is 46.6 Å². The van der Waals surface area contributed by atoms with Gasteiger partial charge in [0.15, 0.2) is 0 Å². The zero-order valence-electron chi connectivity index (χ0n) is 11.8. The molecule has 1 amide bonds. The molecule has 1 rings (SSSR count). The molecule has 1 saturated heterocycles. The first kappa shape index (κ1) is 15.4. The lowest BCUT2D eigenvalue weighted by atomic mass is 9.92. The van der Waals surface area contributed by atoms with E-state index in [-0.39, 0.29) is 10.9 Å². The Labute approximate surface area is 115 Å². The minimum atomic E-state index is -0.758. The van der Waals surface area contributed by atoms with Crippen molar-refractivity contribution < 1.29 is 4.79 Å². The second-order valence-corrected chi connectivity index (χ2v) is 6.38. The van der Waals surface area contributed by atoms with E-state index >= 15 is 0 Å². The van der Waals surface area contributed by atoms with Crippen LogP contribution in [0, 0.1) is 11.3 Å². The van der Waals surface area contributed by atoms with Gasteiger partial charge in [-0.15, -0.1) is 0 Å². The summed E-state index contributed by atoms with van der Waals surface area (Å²) in [5, 5.41) is 2.97. The molecule has 104 valence electrons. The monoisotopic (exact) mass is 271 g/mol. The molecule has 1 unspecified atom stereocenters. The molecule has 1 atom stereocenters. The molecule has 0 aliphatic carbocycles. The molecular formula is C13H25N3OS. The summed E-state index contributed by atoms with van der Waals surface area (Å²) in [6.45, 7) is 10.8. The van der Waals surface area contributed by atoms with Crippen LogP contribution in [0.4, 0.5) is 0 Å². The molecule has 0 bridgehead atoms. The Bertz CT molecular complexity index is 328. The van der Waals surface area contributed by atoms with E-state index in [2.05, 4.69) is 24.1 Å². The van der Waals surface area contributed by atoms with Crippen LogP contribution in [0.3, 0.4) is 0 Å². The van der Waals surface area contributed by atoms with Gasteiger partial charge in [0.1, 0.15) is 0 Å². The normalized spacial score (nSPS) is 21.3. The van der Waals surface area contributed by atoms with Gasteiger partial charge in [0, 0.05) is 19.1 Å². The van der Waals surface area contributed by atoms with Crippen molar-refractivity contribution in [3.8, 4) is 0 Å². The first-order valence-corrected chi connectivity index (χ1v) is 6.98. The number of likely N-dealkylation sites (tertiary alicyclic amines) is 1. The maximum atomic E-state index is 12.0.